The first kappa shape index (κ1) is 14.6. The van der Waals surface area contributed by atoms with Gasteiger partial charge in [-0.15, -0.1) is 0 Å². The van der Waals surface area contributed by atoms with Gasteiger partial charge in [-0.25, -0.2) is 15.8 Å². The molecule has 3 N–H and O–H groups in total. The van der Waals surface area contributed by atoms with Crippen molar-refractivity contribution < 1.29 is 4.74 Å². The van der Waals surface area contributed by atoms with Crippen LogP contribution in [0, 0.1) is 0 Å². The second-order valence-corrected chi connectivity index (χ2v) is 5.24. The van der Waals surface area contributed by atoms with E-state index in [1.54, 1.807) is 18.9 Å². The minimum Gasteiger partial charge on any atom is -0.497 e. The van der Waals surface area contributed by atoms with Gasteiger partial charge in [-0.2, -0.15) is 0 Å². The summed E-state index contributed by atoms with van der Waals surface area (Å²) in [6.45, 7) is 2.12. The average molecular weight is 290 g/mol. The molecule has 0 aliphatic carbocycles. The second-order valence-electron chi connectivity index (χ2n) is 4.18. The molecule has 0 aliphatic heterocycles. The van der Waals surface area contributed by atoms with Crippen LogP contribution in [0.5, 0.6) is 5.75 Å². The Hall–Kier alpha value is -1.79. The number of nitrogens with one attached hydrogen (secondary N) is 1. The highest BCUT2D eigenvalue weighted by Crippen LogP contribution is 2.32. The Balaban J connectivity index is 2.27. The van der Waals surface area contributed by atoms with E-state index in [1.807, 2.05) is 24.3 Å². The van der Waals surface area contributed by atoms with Crippen molar-refractivity contribution in [3.63, 3.8) is 0 Å². The van der Waals surface area contributed by atoms with Crippen molar-refractivity contribution >= 4 is 17.6 Å². The number of nitrogens with two attached hydrogens (primary N) is 1. The van der Waals surface area contributed by atoms with Crippen LogP contribution in [0.4, 0.5) is 5.82 Å². The largest absolute Gasteiger partial charge is 0.497 e. The minimum atomic E-state index is 0.692. The molecular formula is C14H18N4OS. The maximum atomic E-state index is 5.52. The maximum absolute atomic E-state index is 5.52. The molecule has 1 heterocycles. The molecule has 0 radical (unpaired) electrons. The second kappa shape index (κ2) is 7.12. The third kappa shape index (κ3) is 3.40. The Kier molecular flexibility index (Phi) is 5.20. The number of nitrogens with zero attached hydrogens (tertiary/aromatic N) is 2. The lowest BCUT2D eigenvalue weighted by Gasteiger charge is -2.11. The molecule has 0 atom stereocenters. The van der Waals surface area contributed by atoms with Gasteiger partial charge < -0.3 is 10.2 Å². The van der Waals surface area contributed by atoms with Crippen LogP contribution >= 0.6 is 11.8 Å². The number of methoxy groups -OCH3 is 1. The van der Waals surface area contributed by atoms with E-state index in [-0.39, 0.29) is 0 Å². The molecule has 1 aromatic carbocycles. The molecule has 2 aromatic rings. The number of anilines is 1. The first-order valence-corrected chi connectivity index (χ1v) is 7.22. The summed E-state index contributed by atoms with van der Waals surface area (Å²) < 4.78 is 5.16. The quantitative estimate of drug-likeness (QED) is 0.484. The van der Waals surface area contributed by atoms with Crippen LogP contribution in [-0.2, 0) is 6.42 Å². The van der Waals surface area contributed by atoms with Crippen molar-refractivity contribution in [2.24, 2.45) is 5.84 Å². The average Bonchev–Trinajstić information content (AvgIpc) is 2.50. The van der Waals surface area contributed by atoms with Crippen molar-refractivity contribution in [1.29, 1.82) is 0 Å². The van der Waals surface area contributed by atoms with Crippen LogP contribution in [0.2, 0.25) is 0 Å². The summed E-state index contributed by atoms with van der Waals surface area (Å²) in [4.78, 5) is 9.64. The van der Waals surface area contributed by atoms with Gasteiger partial charge in [0.15, 0.2) is 0 Å². The molecule has 0 amide bonds. The fourth-order valence-electron chi connectivity index (χ4n) is 1.84. The summed E-state index contributed by atoms with van der Waals surface area (Å²) in [7, 11) is 1.66. The molecule has 1 aromatic heterocycles. The lowest BCUT2D eigenvalue weighted by Crippen LogP contribution is -2.12. The number of hydrogen-bond donors (Lipinski definition) is 2. The monoisotopic (exact) mass is 290 g/mol. The fraction of sp³-hybridized carbons (Fsp3) is 0.286. The van der Waals surface area contributed by atoms with Gasteiger partial charge in [0.05, 0.1) is 7.11 Å². The standard InChI is InChI=1S/C14H18N4OS/c1-3-4-12-13(18-15)16-9-17-14(12)20-11-7-5-10(19-2)6-8-11/h5-9H,3-4,15H2,1-2H3,(H,16,17,18). The SMILES string of the molecule is CCCc1c(NN)ncnc1Sc1ccc(OC)cc1. The lowest BCUT2D eigenvalue weighted by atomic mass is 10.2. The highest BCUT2D eigenvalue weighted by molar-refractivity contribution is 7.99. The van der Waals surface area contributed by atoms with Crippen molar-refractivity contribution in [3.05, 3.63) is 36.2 Å². The normalized spacial score (nSPS) is 10.3. The third-order valence-electron chi connectivity index (χ3n) is 2.82. The molecular weight excluding hydrogens is 272 g/mol. The predicted octanol–water partition coefficient (Wildman–Crippen LogP) is 2.87. The van der Waals surface area contributed by atoms with Gasteiger partial charge in [-0.05, 0) is 30.7 Å². The van der Waals surface area contributed by atoms with Crippen molar-refractivity contribution in [3.8, 4) is 5.75 Å². The molecule has 20 heavy (non-hydrogen) atoms. The first-order valence-electron chi connectivity index (χ1n) is 6.40. The molecule has 2 rings (SSSR count). The van der Waals surface area contributed by atoms with E-state index in [4.69, 9.17) is 10.6 Å². The highest BCUT2D eigenvalue weighted by atomic mass is 32.2. The summed E-state index contributed by atoms with van der Waals surface area (Å²) in [6.07, 6.45) is 3.43. The van der Waals surface area contributed by atoms with Gasteiger partial charge in [0.1, 0.15) is 22.9 Å². The molecule has 0 bridgehead atoms. The first-order chi connectivity index (χ1) is 9.78. The van der Waals surface area contributed by atoms with Crippen LogP contribution in [0.3, 0.4) is 0 Å². The van der Waals surface area contributed by atoms with E-state index in [1.165, 1.54) is 6.33 Å². The van der Waals surface area contributed by atoms with Gasteiger partial charge in [-0.3, -0.25) is 0 Å². The number of rotatable bonds is 6. The van der Waals surface area contributed by atoms with Gasteiger partial charge in [0.25, 0.3) is 0 Å². The Morgan fingerprint density at radius 3 is 2.60 bits per heavy atom. The van der Waals surface area contributed by atoms with E-state index < -0.39 is 0 Å². The number of ether oxygens (including phenoxy) is 1. The van der Waals surface area contributed by atoms with Crippen molar-refractivity contribution in [2.75, 3.05) is 12.5 Å². The van der Waals surface area contributed by atoms with Crippen molar-refractivity contribution in [1.82, 2.24) is 9.97 Å². The fourth-order valence-corrected chi connectivity index (χ4v) is 2.76. The molecule has 106 valence electrons. The highest BCUT2D eigenvalue weighted by Gasteiger charge is 2.11. The van der Waals surface area contributed by atoms with Crippen LogP contribution in [-0.4, -0.2) is 17.1 Å². The van der Waals surface area contributed by atoms with Gasteiger partial charge in [-0.1, -0.05) is 25.1 Å². The summed E-state index contributed by atoms with van der Waals surface area (Å²) in [5, 5.41) is 0.931. The van der Waals surface area contributed by atoms with Gasteiger partial charge in [0.2, 0.25) is 0 Å². The summed E-state index contributed by atoms with van der Waals surface area (Å²) in [5.74, 6) is 7.05. The molecule has 0 saturated carbocycles. The number of nitrogen functional groups attached to an aromatic ring is 1. The summed E-state index contributed by atoms with van der Waals surface area (Å²) in [5.41, 5.74) is 3.69. The zero-order valence-electron chi connectivity index (χ0n) is 11.6. The van der Waals surface area contributed by atoms with E-state index in [9.17, 15) is 0 Å². The number of hydrazine groups is 1. The predicted molar refractivity (Wildman–Crippen MR) is 81.0 cm³/mol. The Bertz CT molecular complexity index is 560. The molecule has 0 fully saturated rings. The molecule has 0 saturated heterocycles. The van der Waals surface area contributed by atoms with E-state index in [0.717, 1.165) is 34.1 Å². The minimum absolute atomic E-state index is 0.692. The smallest absolute Gasteiger partial charge is 0.147 e. The van der Waals surface area contributed by atoms with E-state index in [0.29, 0.717) is 5.82 Å². The Morgan fingerprint density at radius 2 is 2.00 bits per heavy atom. The van der Waals surface area contributed by atoms with Gasteiger partial charge in [0, 0.05) is 10.5 Å². The number of benzene rings is 1. The van der Waals surface area contributed by atoms with Crippen LogP contribution in [0.15, 0.2) is 40.5 Å². The van der Waals surface area contributed by atoms with Crippen LogP contribution < -0.4 is 16.0 Å². The Morgan fingerprint density at radius 1 is 1.25 bits per heavy atom. The van der Waals surface area contributed by atoms with Crippen molar-refractivity contribution in [2.45, 2.75) is 29.7 Å². The topological polar surface area (TPSA) is 73.1 Å². The van der Waals surface area contributed by atoms with Crippen LogP contribution in [0.1, 0.15) is 18.9 Å². The third-order valence-corrected chi connectivity index (χ3v) is 3.87. The lowest BCUT2D eigenvalue weighted by molar-refractivity contribution is 0.414. The molecule has 0 aliphatic rings. The molecule has 5 nitrogen and oxygen atoms in total. The van der Waals surface area contributed by atoms with E-state index in [2.05, 4.69) is 22.3 Å². The number of hydrogen-bond acceptors (Lipinski definition) is 6. The summed E-state index contributed by atoms with van der Waals surface area (Å²) in [6, 6.07) is 7.89. The zero-order valence-corrected chi connectivity index (χ0v) is 12.4. The summed E-state index contributed by atoms with van der Waals surface area (Å²) >= 11 is 1.60. The van der Waals surface area contributed by atoms with Crippen LogP contribution in [0.25, 0.3) is 0 Å². The maximum Gasteiger partial charge on any atom is 0.147 e. The zero-order chi connectivity index (χ0) is 14.4. The molecule has 0 unspecified atom stereocenters. The van der Waals surface area contributed by atoms with E-state index >= 15 is 0 Å². The molecule has 6 heteroatoms. The number of aromatic nitrogens is 2. The Labute approximate surface area is 122 Å². The van der Waals surface area contributed by atoms with Gasteiger partial charge >= 0.3 is 0 Å². The molecule has 0 spiro atoms.